The highest BCUT2D eigenvalue weighted by molar-refractivity contribution is 7.17. The Morgan fingerprint density at radius 3 is 2.59 bits per heavy atom. The fraction of sp³-hybridized carbons (Fsp3) is 0.682. The standard InChI is InChI=1S/C22H31NO5S/c1-4-27-21(26)19-17-8-10-22(12-16-6-7-16,9-5-11-28-15(3)25)13-18(17)29-20(19)23-14(2)24/h16H,4-13H2,1-3H3,(H,23,24). The van der Waals surface area contributed by atoms with Crippen LogP contribution in [0.2, 0.25) is 0 Å². The molecular formula is C22H31NO5S. The number of carbonyl (C=O) groups is 3. The first-order chi connectivity index (χ1) is 13.8. The van der Waals surface area contributed by atoms with Crippen molar-refractivity contribution in [2.24, 2.45) is 11.3 Å². The molecule has 1 aromatic rings. The minimum atomic E-state index is -0.349. The minimum absolute atomic E-state index is 0.179. The van der Waals surface area contributed by atoms with E-state index in [2.05, 4.69) is 5.32 Å². The molecular weight excluding hydrogens is 390 g/mol. The second kappa shape index (κ2) is 9.28. The molecule has 1 aromatic heterocycles. The number of carbonyl (C=O) groups excluding carboxylic acids is 3. The summed E-state index contributed by atoms with van der Waals surface area (Å²) in [6.07, 6.45) is 8.40. The zero-order valence-corrected chi connectivity index (χ0v) is 18.4. The Bertz CT molecular complexity index is 782. The van der Waals surface area contributed by atoms with E-state index in [4.69, 9.17) is 9.47 Å². The van der Waals surface area contributed by atoms with Gasteiger partial charge in [-0.1, -0.05) is 12.8 Å². The van der Waals surface area contributed by atoms with Gasteiger partial charge in [0, 0.05) is 18.7 Å². The van der Waals surface area contributed by atoms with Gasteiger partial charge in [0.05, 0.1) is 18.8 Å². The quantitative estimate of drug-likeness (QED) is 0.469. The van der Waals surface area contributed by atoms with Crippen molar-refractivity contribution in [1.82, 2.24) is 0 Å². The van der Waals surface area contributed by atoms with E-state index in [1.807, 2.05) is 0 Å². The number of amides is 1. The molecule has 29 heavy (non-hydrogen) atoms. The van der Waals surface area contributed by atoms with Gasteiger partial charge in [0.25, 0.3) is 0 Å². The van der Waals surface area contributed by atoms with Crippen molar-refractivity contribution in [3.05, 3.63) is 16.0 Å². The molecule has 0 bridgehead atoms. The van der Waals surface area contributed by atoms with Crippen LogP contribution < -0.4 is 5.32 Å². The highest BCUT2D eigenvalue weighted by atomic mass is 32.1. The van der Waals surface area contributed by atoms with Crippen LogP contribution in [0.3, 0.4) is 0 Å². The van der Waals surface area contributed by atoms with Gasteiger partial charge in [-0.15, -0.1) is 11.3 Å². The lowest BCUT2D eigenvalue weighted by Crippen LogP contribution is -2.30. The first-order valence-corrected chi connectivity index (χ1v) is 11.4. The average Bonchev–Trinajstić information content (AvgIpc) is 3.37. The molecule has 160 valence electrons. The molecule has 1 heterocycles. The Balaban J connectivity index is 1.82. The van der Waals surface area contributed by atoms with Crippen LogP contribution in [-0.2, 0) is 31.9 Å². The topological polar surface area (TPSA) is 81.7 Å². The molecule has 1 saturated carbocycles. The number of hydrogen-bond acceptors (Lipinski definition) is 6. The van der Waals surface area contributed by atoms with Gasteiger partial charge in [0.2, 0.25) is 5.91 Å². The van der Waals surface area contributed by atoms with Crippen molar-refractivity contribution in [2.75, 3.05) is 18.5 Å². The number of ether oxygens (including phenoxy) is 2. The van der Waals surface area contributed by atoms with Gasteiger partial charge < -0.3 is 14.8 Å². The Morgan fingerprint density at radius 2 is 1.97 bits per heavy atom. The van der Waals surface area contributed by atoms with Crippen LogP contribution >= 0.6 is 11.3 Å². The van der Waals surface area contributed by atoms with Crippen LogP contribution in [0.25, 0.3) is 0 Å². The van der Waals surface area contributed by atoms with Gasteiger partial charge in [0.1, 0.15) is 5.00 Å². The van der Waals surface area contributed by atoms with E-state index in [1.54, 1.807) is 6.92 Å². The predicted molar refractivity (Wildman–Crippen MR) is 112 cm³/mol. The van der Waals surface area contributed by atoms with Gasteiger partial charge in [-0.3, -0.25) is 9.59 Å². The van der Waals surface area contributed by atoms with Gasteiger partial charge >= 0.3 is 11.9 Å². The van der Waals surface area contributed by atoms with E-state index < -0.39 is 0 Å². The summed E-state index contributed by atoms with van der Waals surface area (Å²) in [5, 5.41) is 3.45. The molecule has 2 aliphatic rings. The van der Waals surface area contributed by atoms with Crippen molar-refractivity contribution in [3.8, 4) is 0 Å². The molecule has 0 aromatic carbocycles. The SMILES string of the molecule is CCOC(=O)c1c(NC(C)=O)sc2c1CCC(CCCOC(C)=O)(CC1CC1)C2. The number of rotatable bonds is 9. The molecule has 1 fully saturated rings. The monoisotopic (exact) mass is 421 g/mol. The zero-order valence-electron chi connectivity index (χ0n) is 17.6. The summed E-state index contributed by atoms with van der Waals surface area (Å²) in [7, 11) is 0. The van der Waals surface area contributed by atoms with Crippen LogP contribution in [0.4, 0.5) is 5.00 Å². The number of nitrogens with one attached hydrogen (secondary N) is 1. The normalized spacial score (nSPS) is 20.7. The van der Waals surface area contributed by atoms with E-state index in [9.17, 15) is 14.4 Å². The minimum Gasteiger partial charge on any atom is -0.466 e. The summed E-state index contributed by atoms with van der Waals surface area (Å²) in [4.78, 5) is 36.5. The van der Waals surface area contributed by atoms with E-state index in [-0.39, 0.29) is 23.3 Å². The van der Waals surface area contributed by atoms with Crippen LogP contribution in [0, 0.1) is 11.3 Å². The molecule has 0 radical (unpaired) electrons. The fourth-order valence-corrected chi connectivity index (χ4v) is 5.95. The summed E-state index contributed by atoms with van der Waals surface area (Å²) in [5.41, 5.74) is 1.77. The smallest absolute Gasteiger partial charge is 0.341 e. The predicted octanol–water partition coefficient (Wildman–Crippen LogP) is 4.50. The third-order valence-electron chi connectivity index (χ3n) is 5.88. The van der Waals surface area contributed by atoms with E-state index in [0.717, 1.165) is 43.6 Å². The molecule has 7 heteroatoms. The third-order valence-corrected chi connectivity index (χ3v) is 7.02. The van der Waals surface area contributed by atoms with Crippen molar-refractivity contribution >= 4 is 34.2 Å². The number of thiophene rings is 1. The van der Waals surface area contributed by atoms with Crippen LogP contribution in [-0.4, -0.2) is 31.1 Å². The maximum atomic E-state index is 12.6. The summed E-state index contributed by atoms with van der Waals surface area (Å²) in [6.45, 7) is 5.46. The van der Waals surface area contributed by atoms with Crippen molar-refractivity contribution in [1.29, 1.82) is 0 Å². The van der Waals surface area contributed by atoms with Crippen molar-refractivity contribution in [2.45, 2.75) is 72.1 Å². The molecule has 0 spiro atoms. The van der Waals surface area contributed by atoms with Gasteiger partial charge in [-0.2, -0.15) is 0 Å². The summed E-state index contributed by atoms with van der Waals surface area (Å²) >= 11 is 1.52. The second-order valence-corrected chi connectivity index (χ2v) is 9.48. The molecule has 0 aliphatic heterocycles. The van der Waals surface area contributed by atoms with Crippen LogP contribution in [0.15, 0.2) is 0 Å². The van der Waals surface area contributed by atoms with E-state index >= 15 is 0 Å². The molecule has 1 atom stereocenters. The second-order valence-electron chi connectivity index (χ2n) is 8.38. The van der Waals surface area contributed by atoms with Crippen molar-refractivity contribution in [3.63, 3.8) is 0 Å². The Kier molecular flexibility index (Phi) is 6.98. The third kappa shape index (κ3) is 5.59. The first-order valence-electron chi connectivity index (χ1n) is 10.6. The van der Waals surface area contributed by atoms with E-state index in [0.29, 0.717) is 23.8 Å². The lowest BCUT2D eigenvalue weighted by Gasteiger charge is -2.38. The van der Waals surface area contributed by atoms with Gasteiger partial charge in [0.15, 0.2) is 0 Å². The molecule has 1 amide bonds. The lowest BCUT2D eigenvalue weighted by atomic mass is 9.68. The number of hydrogen-bond donors (Lipinski definition) is 1. The average molecular weight is 422 g/mol. The number of anilines is 1. The maximum absolute atomic E-state index is 12.6. The van der Waals surface area contributed by atoms with Crippen LogP contribution in [0.1, 0.15) is 80.1 Å². The van der Waals surface area contributed by atoms with E-state index in [1.165, 1.54) is 49.3 Å². The molecule has 2 aliphatic carbocycles. The number of esters is 2. The molecule has 1 N–H and O–H groups in total. The maximum Gasteiger partial charge on any atom is 0.341 e. The Morgan fingerprint density at radius 1 is 1.21 bits per heavy atom. The summed E-state index contributed by atoms with van der Waals surface area (Å²) < 4.78 is 10.4. The molecule has 3 rings (SSSR count). The van der Waals surface area contributed by atoms with Crippen molar-refractivity contribution < 1.29 is 23.9 Å². The lowest BCUT2D eigenvalue weighted by molar-refractivity contribution is -0.141. The molecule has 0 saturated heterocycles. The number of fused-ring (bicyclic) bond motifs is 1. The highest BCUT2D eigenvalue weighted by Crippen LogP contribution is 2.52. The van der Waals surface area contributed by atoms with Crippen LogP contribution in [0.5, 0.6) is 0 Å². The molecule has 6 nitrogen and oxygen atoms in total. The van der Waals surface area contributed by atoms with Gasteiger partial charge in [-0.05, 0) is 62.3 Å². The molecule has 1 unspecified atom stereocenters. The first kappa shape index (κ1) is 21.8. The summed E-state index contributed by atoms with van der Waals surface area (Å²) in [6, 6.07) is 0. The Hall–Kier alpha value is -1.89. The highest BCUT2D eigenvalue weighted by Gasteiger charge is 2.41. The zero-order chi connectivity index (χ0) is 21.0. The Labute approximate surface area is 176 Å². The largest absolute Gasteiger partial charge is 0.466 e. The van der Waals surface area contributed by atoms with Gasteiger partial charge in [-0.25, -0.2) is 4.79 Å². The fourth-order valence-electron chi connectivity index (χ4n) is 4.49. The summed E-state index contributed by atoms with van der Waals surface area (Å²) in [5.74, 6) is 0.0344.